The molecule has 0 spiro atoms. The Kier molecular flexibility index (Phi) is 3.25. The van der Waals surface area contributed by atoms with E-state index in [-0.39, 0.29) is 0 Å². The van der Waals surface area contributed by atoms with E-state index >= 15 is 0 Å². The average Bonchev–Trinajstić information content (AvgIpc) is 2.47. The number of nitriles is 1. The molecule has 0 atom stereocenters. The van der Waals surface area contributed by atoms with Gasteiger partial charge in [0.05, 0.1) is 16.9 Å². The predicted octanol–water partition coefficient (Wildman–Crippen LogP) is 3.86. The fourth-order valence-corrected chi connectivity index (χ4v) is 2.45. The third-order valence-corrected chi connectivity index (χ3v) is 3.39. The van der Waals surface area contributed by atoms with E-state index in [1.165, 1.54) is 0 Å². The van der Waals surface area contributed by atoms with Gasteiger partial charge >= 0.3 is 0 Å². The van der Waals surface area contributed by atoms with E-state index in [1.54, 1.807) is 6.20 Å². The Labute approximate surface area is 123 Å². The summed E-state index contributed by atoms with van der Waals surface area (Å²) in [7, 11) is 0. The van der Waals surface area contributed by atoms with Crippen molar-refractivity contribution in [3.8, 4) is 6.07 Å². The zero-order valence-electron chi connectivity index (χ0n) is 11.9. The van der Waals surface area contributed by atoms with Gasteiger partial charge in [-0.3, -0.25) is 9.97 Å². The summed E-state index contributed by atoms with van der Waals surface area (Å²) in [5, 5.41) is 14.8. The molecule has 0 amide bonds. The van der Waals surface area contributed by atoms with Crippen LogP contribution >= 0.6 is 0 Å². The van der Waals surface area contributed by atoms with E-state index in [0.29, 0.717) is 5.56 Å². The van der Waals surface area contributed by atoms with Crippen molar-refractivity contribution in [1.29, 1.82) is 5.26 Å². The van der Waals surface area contributed by atoms with Crippen LogP contribution < -0.4 is 5.32 Å². The van der Waals surface area contributed by atoms with Crippen molar-refractivity contribution in [3.05, 3.63) is 59.7 Å². The summed E-state index contributed by atoms with van der Waals surface area (Å²) < 4.78 is 0. The van der Waals surface area contributed by atoms with Crippen LogP contribution in [0.15, 0.2) is 42.7 Å². The Hall–Kier alpha value is -2.93. The lowest BCUT2D eigenvalue weighted by atomic mass is 10.1. The highest BCUT2D eigenvalue weighted by molar-refractivity contribution is 5.95. The van der Waals surface area contributed by atoms with Crippen LogP contribution in [0.2, 0.25) is 0 Å². The predicted molar refractivity (Wildman–Crippen MR) is 83.5 cm³/mol. The van der Waals surface area contributed by atoms with Crippen molar-refractivity contribution in [2.75, 3.05) is 5.32 Å². The standard InChI is InChI=1S/C17H14N4/c1-11-8-17(15(9-18)12(2)20-11)21-16-5-3-4-13-10-19-7-6-14(13)16/h3-8,10H,1-2H3,(H,20,21). The third kappa shape index (κ3) is 2.41. The van der Waals surface area contributed by atoms with Crippen LogP contribution in [0.25, 0.3) is 10.8 Å². The zero-order valence-corrected chi connectivity index (χ0v) is 11.9. The molecule has 0 aliphatic heterocycles. The van der Waals surface area contributed by atoms with Gasteiger partial charge in [0.25, 0.3) is 0 Å². The van der Waals surface area contributed by atoms with Gasteiger partial charge in [-0.05, 0) is 32.0 Å². The van der Waals surface area contributed by atoms with Crippen LogP contribution in [0.1, 0.15) is 17.0 Å². The number of hydrogen-bond acceptors (Lipinski definition) is 4. The molecule has 1 aromatic carbocycles. The first-order valence-electron chi connectivity index (χ1n) is 6.67. The van der Waals surface area contributed by atoms with E-state index in [2.05, 4.69) is 21.4 Å². The zero-order chi connectivity index (χ0) is 14.8. The summed E-state index contributed by atoms with van der Waals surface area (Å²) in [6.45, 7) is 3.77. The van der Waals surface area contributed by atoms with Crippen LogP contribution in [0.3, 0.4) is 0 Å². The molecule has 0 saturated carbocycles. The minimum absolute atomic E-state index is 0.576. The van der Waals surface area contributed by atoms with E-state index in [0.717, 1.165) is 33.5 Å². The largest absolute Gasteiger partial charge is 0.354 e. The first kappa shape index (κ1) is 13.1. The van der Waals surface area contributed by atoms with Crippen molar-refractivity contribution in [1.82, 2.24) is 9.97 Å². The molecule has 102 valence electrons. The first-order valence-corrected chi connectivity index (χ1v) is 6.67. The molecule has 0 aliphatic rings. The normalized spacial score (nSPS) is 10.3. The summed E-state index contributed by atoms with van der Waals surface area (Å²) >= 11 is 0. The highest BCUT2D eigenvalue weighted by Crippen LogP contribution is 2.28. The molecule has 0 fully saturated rings. The molecule has 0 saturated heterocycles. The second-order valence-electron chi connectivity index (χ2n) is 4.91. The van der Waals surface area contributed by atoms with Gasteiger partial charge in [-0.1, -0.05) is 12.1 Å². The third-order valence-electron chi connectivity index (χ3n) is 3.39. The number of aryl methyl sites for hydroxylation is 2. The monoisotopic (exact) mass is 274 g/mol. The minimum Gasteiger partial charge on any atom is -0.354 e. The van der Waals surface area contributed by atoms with Gasteiger partial charge in [0.2, 0.25) is 0 Å². The Morgan fingerprint density at radius 1 is 1.14 bits per heavy atom. The Morgan fingerprint density at radius 3 is 2.81 bits per heavy atom. The first-order chi connectivity index (χ1) is 10.2. The SMILES string of the molecule is Cc1cc(Nc2cccc3cnccc23)c(C#N)c(C)n1. The molecule has 1 N–H and O–H groups in total. The number of pyridine rings is 2. The maximum Gasteiger partial charge on any atom is 0.103 e. The second kappa shape index (κ2) is 5.22. The van der Waals surface area contributed by atoms with Crippen molar-refractivity contribution in [2.45, 2.75) is 13.8 Å². The van der Waals surface area contributed by atoms with E-state index in [4.69, 9.17) is 0 Å². The lowest BCUT2D eigenvalue weighted by Gasteiger charge is -2.12. The van der Waals surface area contributed by atoms with Crippen molar-refractivity contribution in [2.24, 2.45) is 0 Å². The Bertz CT molecular complexity index is 857. The van der Waals surface area contributed by atoms with Crippen LogP contribution in [-0.2, 0) is 0 Å². The summed E-state index contributed by atoms with van der Waals surface area (Å²) in [6, 6.07) is 12.1. The molecule has 21 heavy (non-hydrogen) atoms. The van der Waals surface area contributed by atoms with Gasteiger partial charge in [0.15, 0.2) is 0 Å². The summed E-state index contributed by atoms with van der Waals surface area (Å²) in [5.74, 6) is 0. The Morgan fingerprint density at radius 2 is 2.00 bits per heavy atom. The van der Waals surface area contributed by atoms with Gasteiger partial charge in [-0.2, -0.15) is 5.26 Å². The molecule has 4 heteroatoms. The van der Waals surface area contributed by atoms with E-state index in [1.807, 2.05) is 50.4 Å². The fraction of sp³-hybridized carbons (Fsp3) is 0.118. The number of nitrogens with one attached hydrogen (secondary N) is 1. The van der Waals surface area contributed by atoms with Gasteiger partial charge in [-0.25, -0.2) is 0 Å². The second-order valence-corrected chi connectivity index (χ2v) is 4.91. The van der Waals surface area contributed by atoms with E-state index in [9.17, 15) is 5.26 Å². The summed E-state index contributed by atoms with van der Waals surface area (Å²) in [5.41, 5.74) is 3.94. The van der Waals surface area contributed by atoms with Gasteiger partial charge in [0.1, 0.15) is 6.07 Å². The molecule has 0 aliphatic carbocycles. The highest BCUT2D eigenvalue weighted by Gasteiger charge is 2.09. The maximum absolute atomic E-state index is 9.34. The highest BCUT2D eigenvalue weighted by atomic mass is 14.9. The minimum atomic E-state index is 0.576. The molecule has 0 unspecified atom stereocenters. The fourth-order valence-electron chi connectivity index (χ4n) is 2.45. The van der Waals surface area contributed by atoms with Crippen LogP contribution in [-0.4, -0.2) is 9.97 Å². The Balaban J connectivity index is 2.14. The molecule has 0 radical (unpaired) electrons. The van der Waals surface area contributed by atoms with Crippen LogP contribution in [0.4, 0.5) is 11.4 Å². The quantitative estimate of drug-likeness (QED) is 0.770. The van der Waals surface area contributed by atoms with Gasteiger partial charge < -0.3 is 5.32 Å². The topological polar surface area (TPSA) is 61.6 Å². The molecular formula is C17H14N4. The van der Waals surface area contributed by atoms with Gasteiger partial charge in [0, 0.05) is 34.5 Å². The maximum atomic E-state index is 9.34. The van der Waals surface area contributed by atoms with Gasteiger partial charge in [-0.15, -0.1) is 0 Å². The molecule has 0 bridgehead atoms. The molecule has 2 aromatic heterocycles. The van der Waals surface area contributed by atoms with Crippen molar-refractivity contribution < 1.29 is 0 Å². The number of hydrogen-bond donors (Lipinski definition) is 1. The number of aromatic nitrogens is 2. The molecule has 3 aromatic rings. The van der Waals surface area contributed by atoms with E-state index < -0.39 is 0 Å². The molecule has 2 heterocycles. The number of rotatable bonds is 2. The average molecular weight is 274 g/mol. The lowest BCUT2D eigenvalue weighted by molar-refractivity contribution is 1.11. The molecule has 3 rings (SSSR count). The van der Waals surface area contributed by atoms with Crippen LogP contribution in [0, 0.1) is 25.2 Å². The smallest absolute Gasteiger partial charge is 0.103 e. The number of fused-ring (bicyclic) bond motifs is 1. The number of anilines is 2. The summed E-state index contributed by atoms with van der Waals surface area (Å²) in [6.07, 6.45) is 3.59. The number of benzene rings is 1. The summed E-state index contributed by atoms with van der Waals surface area (Å²) in [4.78, 5) is 8.47. The van der Waals surface area contributed by atoms with Crippen molar-refractivity contribution in [3.63, 3.8) is 0 Å². The number of nitrogens with zero attached hydrogens (tertiary/aromatic N) is 3. The molecule has 4 nitrogen and oxygen atoms in total. The molecular weight excluding hydrogens is 260 g/mol. The van der Waals surface area contributed by atoms with Crippen molar-refractivity contribution >= 4 is 22.1 Å². The lowest BCUT2D eigenvalue weighted by Crippen LogP contribution is -2.00. The van der Waals surface area contributed by atoms with Crippen LogP contribution in [0.5, 0.6) is 0 Å².